The van der Waals surface area contributed by atoms with Gasteiger partial charge in [0.15, 0.2) is 0 Å². The highest BCUT2D eigenvalue weighted by atomic mass is 16.4. The number of aryl methyl sites for hydroxylation is 2. The first-order valence-electron chi connectivity index (χ1n) is 8.52. The van der Waals surface area contributed by atoms with Crippen molar-refractivity contribution in [3.05, 3.63) is 35.4 Å². The lowest BCUT2D eigenvalue weighted by atomic mass is 10.0. The molecule has 21 heavy (non-hydrogen) atoms. The highest BCUT2D eigenvalue weighted by Crippen LogP contribution is 2.12. The van der Waals surface area contributed by atoms with Crippen molar-refractivity contribution in [1.82, 2.24) is 0 Å². The van der Waals surface area contributed by atoms with E-state index in [-0.39, 0.29) is 0 Å². The second-order valence-electron chi connectivity index (χ2n) is 5.94. The number of carboxylic acid groups (broad SMARTS) is 1. The van der Waals surface area contributed by atoms with E-state index < -0.39 is 5.97 Å². The van der Waals surface area contributed by atoms with E-state index in [2.05, 4.69) is 31.2 Å². The number of rotatable bonds is 12. The van der Waals surface area contributed by atoms with Gasteiger partial charge >= 0.3 is 5.97 Å². The van der Waals surface area contributed by atoms with Crippen molar-refractivity contribution < 1.29 is 9.90 Å². The molecule has 2 nitrogen and oxygen atoms in total. The van der Waals surface area contributed by atoms with Gasteiger partial charge in [0.2, 0.25) is 0 Å². The molecule has 0 heterocycles. The van der Waals surface area contributed by atoms with Gasteiger partial charge in [-0.1, -0.05) is 63.3 Å². The van der Waals surface area contributed by atoms with Crippen LogP contribution in [-0.4, -0.2) is 11.1 Å². The van der Waals surface area contributed by atoms with Crippen molar-refractivity contribution in [2.24, 2.45) is 0 Å². The van der Waals surface area contributed by atoms with Gasteiger partial charge in [-0.15, -0.1) is 0 Å². The van der Waals surface area contributed by atoms with Crippen LogP contribution in [0.25, 0.3) is 0 Å². The Morgan fingerprint density at radius 1 is 0.810 bits per heavy atom. The van der Waals surface area contributed by atoms with Gasteiger partial charge in [0.1, 0.15) is 0 Å². The van der Waals surface area contributed by atoms with Gasteiger partial charge in [-0.2, -0.15) is 0 Å². The van der Waals surface area contributed by atoms with Crippen LogP contribution in [0.2, 0.25) is 0 Å². The molecular weight excluding hydrogens is 260 g/mol. The van der Waals surface area contributed by atoms with Crippen molar-refractivity contribution in [2.75, 3.05) is 0 Å². The highest BCUT2D eigenvalue weighted by Gasteiger charge is 1.98. The van der Waals surface area contributed by atoms with E-state index in [0.29, 0.717) is 6.42 Å². The maximum absolute atomic E-state index is 10.4. The molecule has 1 aromatic carbocycles. The molecule has 0 aliphatic carbocycles. The predicted octanol–water partition coefficient (Wildman–Crippen LogP) is 5.39. The van der Waals surface area contributed by atoms with Gasteiger partial charge in [-0.3, -0.25) is 4.79 Å². The Labute approximate surface area is 129 Å². The maximum Gasteiger partial charge on any atom is 0.303 e. The third kappa shape index (κ3) is 9.28. The van der Waals surface area contributed by atoms with Gasteiger partial charge in [0, 0.05) is 6.42 Å². The minimum absolute atomic E-state index is 0.312. The molecular formula is C19H30O2. The van der Waals surface area contributed by atoms with E-state index >= 15 is 0 Å². The quantitative estimate of drug-likeness (QED) is 0.524. The summed E-state index contributed by atoms with van der Waals surface area (Å²) in [5.41, 5.74) is 2.86. The van der Waals surface area contributed by atoms with Crippen LogP contribution in [0.5, 0.6) is 0 Å². The first kappa shape index (κ1) is 17.7. The number of benzene rings is 1. The monoisotopic (exact) mass is 290 g/mol. The Morgan fingerprint density at radius 3 is 1.76 bits per heavy atom. The fourth-order valence-electron chi connectivity index (χ4n) is 2.59. The summed E-state index contributed by atoms with van der Waals surface area (Å²) in [6.07, 6.45) is 12.1. The molecule has 2 heteroatoms. The zero-order chi connectivity index (χ0) is 15.3. The molecule has 0 aliphatic heterocycles. The van der Waals surface area contributed by atoms with Crippen LogP contribution in [0.4, 0.5) is 0 Å². The number of aliphatic carboxylic acids is 1. The third-order valence-corrected chi connectivity index (χ3v) is 3.95. The van der Waals surface area contributed by atoms with Crippen molar-refractivity contribution in [3.63, 3.8) is 0 Å². The number of carbonyl (C=O) groups is 1. The zero-order valence-corrected chi connectivity index (χ0v) is 13.4. The minimum atomic E-state index is -0.676. The van der Waals surface area contributed by atoms with Crippen molar-refractivity contribution in [1.29, 1.82) is 0 Å². The minimum Gasteiger partial charge on any atom is -0.481 e. The predicted molar refractivity (Wildman–Crippen MR) is 88.7 cm³/mol. The summed E-state index contributed by atoms with van der Waals surface area (Å²) >= 11 is 0. The van der Waals surface area contributed by atoms with E-state index in [1.165, 1.54) is 43.2 Å². The lowest BCUT2D eigenvalue weighted by Gasteiger charge is -2.05. The third-order valence-electron chi connectivity index (χ3n) is 3.95. The molecule has 0 unspecified atom stereocenters. The summed E-state index contributed by atoms with van der Waals surface area (Å²) < 4.78 is 0. The summed E-state index contributed by atoms with van der Waals surface area (Å²) in [6.45, 7) is 2.25. The summed E-state index contributed by atoms with van der Waals surface area (Å²) in [5, 5.41) is 8.57. The molecule has 0 bridgehead atoms. The number of hydrogen-bond acceptors (Lipinski definition) is 1. The molecule has 0 saturated heterocycles. The van der Waals surface area contributed by atoms with Gasteiger partial charge < -0.3 is 5.11 Å². The van der Waals surface area contributed by atoms with Crippen LogP contribution in [0.1, 0.15) is 75.8 Å². The fraction of sp³-hybridized carbons (Fsp3) is 0.632. The molecule has 0 atom stereocenters. The molecule has 1 N–H and O–H groups in total. The largest absolute Gasteiger partial charge is 0.481 e. The van der Waals surface area contributed by atoms with Crippen molar-refractivity contribution in [3.8, 4) is 0 Å². The maximum atomic E-state index is 10.4. The first-order chi connectivity index (χ1) is 10.2. The van der Waals surface area contributed by atoms with Gasteiger partial charge in [-0.25, -0.2) is 0 Å². The Morgan fingerprint density at radius 2 is 1.29 bits per heavy atom. The number of carboxylic acids is 1. The van der Waals surface area contributed by atoms with Crippen LogP contribution in [0.15, 0.2) is 24.3 Å². The molecule has 0 saturated carbocycles. The molecule has 0 aliphatic rings. The average Bonchev–Trinajstić information content (AvgIpc) is 2.48. The first-order valence-corrected chi connectivity index (χ1v) is 8.52. The Hall–Kier alpha value is -1.31. The van der Waals surface area contributed by atoms with E-state index in [0.717, 1.165) is 32.1 Å². The van der Waals surface area contributed by atoms with Gasteiger partial charge in [0.05, 0.1) is 0 Å². The smallest absolute Gasteiger partial charge is 0.303 e. The van der Waals surface area contributed by atoms with Gasteiger partial charge in [0.25, 0.3) is 0 Å². The van der Waals surface area contributed by atoms with Crippen LogP contribution in [0, 0.1) is 0 Å². The van der Waals surface area contributed by atoms with Crippen LogP contribution < -0.4 is 0 Å². The van der Waals surface area contributed by atoms with Crippen LogP contribution in [0.3, 0.4) is 0 Å². The summed E-state index contributed by atoms with van der Waals surface area (Å²) in [7, 11) is 0. The standard InChI is InChI=1S/C19H30O2/c1-2-3-4-7-10-17-13-15-18(16-14-17)11-8-5-6-9-12-19(20)21/h13-16H,2-12H2,1H3,(H,20,21). The average molecular weight is 290 g/mol. The normalized spacial score (nSPS) is 10.7. The van der Waals surface area contributed by atoms with E-state index in [1.807, 2.05) is 0 Å². The summed E-state index contributed by atoms with van der Waals surface area (Å²) in [4.78, 5) is 10.4. The molecule has 0 spiro atoms. The van der Waals surface area contributed by atoms with Crippen LogP contribution in [-0.2, 0) is 17.6 Å². The molecule has 0 aromatic heterocycles. The summed E-state index contributed by atoms with van der Waals surface area (Å²) in [5.74, 6) is -0.676. The van der Waals surface area contributed by atoms with Crippen molar-refractivity contribution in [2.45, 2.75) is 77.6 Å². The lowest BCUT2D eigenvalue weighted by Crippen LogP contribution is -1.94. The Bertz CT molecular complexity index is 381. The molecule has 0 fully saturated rings. The Kier molecular flexibility index (Phi) is 9.60. The van der Waals surface area contributed by atoms with Crippen molar-refractivity contribution >= 4 is 5.97 Å². The summed E-state index contributed by atoms with van der Waals surface area (Å²) in [6, 6.07) is 9.05. The SMILES string of the molecule is CCCCCCc1ccc(CCCCCCC(=O)O)cc1. The number of hydrogen-bond donors (Lipinski definition) is 1. The Balaban J connectivity index is 2.11. The molecule has 1 aromatic rings. The second kappa shape index (κ2) is 11.4. The lowest BCUT2D eigenvalue weighted by molar-refractivity contribution is -0.137. The van der Waals surface area contributed by atoms with E-state index in [1.54, 1.807) is 0 Å². The molecule has 118 valence electrons. The van der Waals surface area contributed by atoms with E-state index in [9.17, 15) is 4.79 Å². The van der Waals surface area contributed by atoms with Gasteiger partial charge in [-0.05, 0) is 43.2 Å². The second-order valence-corrected chi connectivity index (χ2v) is 5.94. The highest BCUT2D eigenvalue weighted by molar-refractivity contribution is 5.66. The molecule has 1 rings (SSSR count). The topological polar surface area (TPSA) is 37.3 Å². The van der Waals surface area contributed by atoms with Crippen LogP contribution >= 0.6 is 0 Å². The zero-order valence-electron chi connectivity index (χ0n) is 13.4. The number of unbranched alkanes of at least 4 members (excludes halogenated alkanes) is 6. The molecule has 0 radical (unpaired) electrons. The molecule has 0 amide bonds. The fourth-order valence-corrected chi connectivity index (χ4v) is 2.59. The van der Waals surface area contributed by atoms with E-state index in [4.69, 9.17) is 5.11 Å².